The number of hydrogen-bond acceptors (Lipinski definition) is 8. The number of likely N-dealkylation sites (N-methyl/N-ethyl adjacent to an activating group) is 1. The first kappa shape index (κ1) is 36.9. The molecule has 2 aromatic rings. The Labute approximate surface area is 282 Å². The number of carbonyl (C=O) groups excluding carboxylic acids is 3. The lowest BCUT2D eigenvalue weighted by Gasteiger charge is -2.20. The van der Waals surface area contributed by atoms with Gasteiger partial charge in [0.05, 0.1) is 30.3 Å². The van der Waals surface area contributed by atoms with Gasteiger partial charge >= 0.3 is 0 Å². The third kappa shape index (κ3) is 11.3. The van der Waals surface area contributed by atoms with Crippen molar-refractivity contribution in [3.63, 3.8) is 0 Å². The van der Waals surface area contributed by atoms with Crippen molar-refractivity contribution in [2.24, 2.45) is 15.0 Å². The molecule has 254 valence electrons. The summed E-state index contributed by atoms with van der Waals surface area (Å²) in [7, 11) is 3.32. The van der Waals surface area contributed by atoms with E-state index in [0.717, 1.165) is 28.9 Å². The summed E-state index contributed by atoms with van der Waals surface area (Å²) < 4.78 is 0. The first-order valence-corrected chi connectivity index (χ1v) is 15.7. The number of rotatable bonds is 16. The summed E-state index contributed by atoms with van der Waals surface area (Å²) in [6.07, 6.45) is 10.3. The lowest BCUT2D eigenvalue weighted by molar-refractivity contribution is -0.125. The smallest absolute Gasteiger partial charge is 0.252 e. The number of aliphatic hydroxyl groups excluding tert-OH is 1. The van der Waals surface area contributed by atoms with Gasteiger partial charge in [-0.3, -0.25) is 24.4 Å². The van der Waals surface area contributed by atoms with Crippen molar-refractivity contribution in [1.29, 1.82) is 0 Å². The molecule has 0 fully saturated rings. The number of aryl methyl sites for hydroxylation is 1. The number of guanidine groups is 1. The minimum atomic E-state index is -0.855. The number of nitrogens with one attached hydrogen (secondary N) is 3. The van der Waals surface area contributed by atoms with Crippen LogP contribution in [-0.4, -0.2) is 91.0 Å². The number of amides is 3. The molecule has 13 nitrogen and oxygen atoms in total. The number of fused-ring (bicyclic) bond motifs is 1. The van der Waals surface area contributed by atoms with Gasteiger partial charge in [-0.05, 0) is 51.0 Å². The van der Waals surface area contributed by atoms with E-state index in [9.17, 15) is 19.5 Å². The lowest BCUT2D eigenvalue weighted by Crippen LogP contribution is -2.38. The number of carbonyl (C=O) groups is 3. The number of para-hydroxylation sites is 1. The molecular formula is C35H45N9O4. The van der Waals surface area contributed by atoms with Gasteiger partial charge < -0.3 is 30.9 Å². The minimum absolute atomic E-state index is 0.101. The highest BCUT2D eigenvalue weighted by molar-refractivity contribution is 6.13. The molecule has 0 saturated carbocycles. The van der Waals surface area contributed by atoms with Crippen molar-refractivity contribution in [2.75, 3.05) is 44.1 Å². The molecule has 1 aliphatic heterocycles. The number of nitrogens with zero attached hydrogens (tertiary/aromatic N) is 6. The van der Waals surface area contributed by atoms with Crippen LogP contribution in [0.5, 0.6) is 0 Å². The molecule has 3 rings (SSSR count). The molecule has 0 saturated heterocycles. The van der Waals surface area contributed by atoms with Crippen LogP contribution in [0.2, 0.25) is 0 Å². The van der Waals surface area contributed by atoms with Crippen LogP contribution in [-0.2, 0) is 14.4 Å². The summed E-state index contributed by atoms with van der Waals surface area (Å²) in [5.74, 6) is -0.255. The predicted octanol–water partition coefficient (Wildman–Crippen LogP) is 3.91. The Balaban J connectivity index is 1.59. The van der Waals surface area contributed by atoms with Crippen LogP contribution in [0.25, 0.3) is 0 Å². The second-order valence-electron chi connectivity index (χ2n) is 11.1. The van der Waals surface area contributed by atoms with Crippen LogP contribution >= 0.6 is 0 Å². The van der Waals surface area contributed by atoms with Crippen LogP contribution in [0.1, 0.15) is 43.9 Å². The first-order chi connectivity index (χ1) is 23.2. The SMILES string of the molecule is C=CCCC1=N[C@@H](CC(=O)NC/C=C(NCCC=NC(=NCN(C)C=O)Nc2ccc(C)nc2)\C(C)=C/O)C(=O)N(C)c2ccccc21. The normalized spacial score (nSPS) is 15.4. The van der Waals surface area contributed by atoms with Gasteiger partial charge in [0, 0.05) is 68.1 Å². The average molecular weight is 656 g/mol. The Hall–Kier alpha value is -5.59. The molecule has 13 heteroatoms. The Morgan fingerprint density at radius 2 is 1.98 bits per heavy atom. The number of pyridine rings is 1. The predicted molar refractivity (Wildman–Crippen MR) is 192 cm³/mol. The van der Waals surface area contributed by atoms with Gasteiger partial charge in [-0.2, -0.15) is 0 Å². The molecule has 1 aliphatic rings. The molecule has 3 amide bonds. The van der Waals surface area contributed by atoms with Crippen LogP contribution in [0.4, 0.5) is 11.4 Å². The maximum absolute atomic E-state index is 13.3. The molecule has 1 aromatic heterocycles. The van der Waals surface area contributed by atoms with Gasteiger partial charge in [0.25, 0.3) is 5.91 Å². The zero-order valence-electron chi connectivity index (χ0n) is 28.0. The number of aliphatic imine (C=N–C) groups is 3. The Morgan fingerprint density at radius 3 is 2.69 bits per heavy atom. The van der Waals surface area contributed by atoms with E-state index in [0.29, 0.717) is 55.1 Å². The number of allylic oxidation sites excluding steroid dienone is 2. The second kappa shape index (κ2) is 19.2. The summed E-state index contributed by atoms with van der Waals surface area (Å²) in [5.41, 5.74) is 5.19. The molecule has 0 aliphatic carbocycles. The number of aromatic nitrogens is 1. The standard InChI is InChI=1S/C35H45N9O4/c1-6-7-12-30-28-11-8-9-13-32(28)44(5)34(48)31(42-30)20-33(47)37-19-16-29(25(2)22-45)36-17-10-18-38-35(40-23-43(4)24-46)41-27-15-14-26(3)39-21-27/h6,8-9,11,13-16,18,21-22,24,31,36,45H,1,7,10,12,17,19-20,23H2,2-5H3,(H,37,47)(H,40,41)/b25-22-,29-16+,38-18?/t31-/m0/s1. The number of benzene rings is 1. The van der Waals surface area contributed by atoms with Crippen LogP contribution in [0.3, 0.4) is 0 Å². The number of aliphatic hydroxyl groups is 1. The molecule has 0 unspecified atom stereocenters. The number of anilines is 2. The van der Waals surface area contributed by atoms with Crippen molar-refractivity contribution in [3.8, 4) is 0 Å². The van der Waals surface area contributed by atoms with Crippen molar-refractivity contribution in [3.05, 3.63) is 90.1 Å². The lowest BCUT2D eigenvalue weighted by atomic mass is 10.0. The van der Waals surface area contributed by atoms with Crippen molar-refractivity contribution in [2.45, 2.75) is 45.6 Å². The van der Waals surface area contributed by atoms with Gasteiger partial charge in [0.15, 0.2) is 0 Å². The topological polar surface area (TPSA) is 164 Å². The molecule has 0 radical (unpaired) electrons. The summed E-state index contributed by atoms with van der Waals surface area (Å²) in [6, 6.07) is 10.5. The third-order valence-corrected chi connectivity index (χ3v) is 7.28. The Bertz CT molecular complexity index is 1580. The summed E-state index contributed by atoms with van der Waals surface area (Å²) in [4.78, 5) is 58.0. The van der Waals surface area contributed by atoms with E-state index in [2.05, 4.69) is 37.5 Å². The Kier molecular flexibility index (Phi) is 14.7. The largest absolute Gasteiger partial charge is 0.515 e. The molecule has 4 N–H and O–H groups in total. The molecular weight excluding hydrogens is 610 g/mol. The van der Waals surface area contributed by atoms with Crippen LogP contribution in [0.15, 0.2) is 93.8 Å². The third-order valence-electron chi connectivity index (χ3n) is 7.28. The van der Waals surface area contributed by atoms with Gasteiger partial charge in [0.2, 0.25) is 18.3 Å². The first-order valence-electron chi connectivity index (χ1n) is 15.7. The van der Waals surface area contributed by atoms with Gasteiger partial charge in [-0.1, -0.05) is 24.3 Å². The molecule has 0 spiro atoms. The fourth-order valence-corrected chi connectivity index (χ4v) is 4.61. The van der Waals surface area contributed by atoms with E-state index in [-0.39, 0.29) is 31.4 Å². The maximum atomic E-state index is 13.3. The van der Waals surface area contributed by atoms with Crippen molar-refractivity contribution >= 4 is 47.5 Å². The van der Waals surface area contributed by atoms with E-state index < -0.39 is 6.04 Å². The molecule has 1 aromatic carbocycles. The molecule has 0 bridgehead atoms. The molecule has 48 heavy (non-hydrogen) atoms. The Morgan fingerprint density at radius 1 is 1.19 bits per heavy atom. The highest BCUT2D eigenvalue weighted by Gasteiger charge is 2.30. The number of benzodiazepines with no additional fused rings is 1. The van der Waals surface area contributed by atoms with E-state index >= 15 is 0 Å². The van der Waals surface area contributed by atoms with Gasteiger partial charge in [-0.15, -0.1) is 6.58 Å². The van der Waals surface area contributed by atoms with E-state index in [1.807, 2.05) is 43.3 Å². The van der Waals surface area contributed by atoms with Crippen LogP contribution < -0.4 is 20.9 Å². The zero-order chi connectivity index (χ0) is 34.9. The molecule has 2 heterocycles. The van der Waals surface area contributed by atoms with E-state index in [1.54, 1.807) is 50.5 Å². The number of hydrogen-bond donors (Lipinski definition) is 4. The van der Waals surface area contributed by atoms with Crippen molar-refractivity contribution in [1.82, 2.24) is 20.5 Å². The van der Waals surface area contributed by atoms with Gasteiger partial charge in [-0.25, -0.2) is 9.98 Å². The van der Waals surface area contributed by atoms with Gasteiger partial charge in [0.1, 0.15) is 12.7 Å². The fourth-order valence-electron chi connectivity index (χ4n) is 4.61. The average Bonchev–Trinajstić information content (AvgIpc) is 3.19. The van der Waals surface area contributed by atoms with Crippen molar-refractivity contribution < 1.29 is 19.5 Å². The quantitative estimate of drug-likeness (QED) is 0.0405. The summed E-state index contributed by atoms with van der Waals surface area (Å²) >= 11 is 0. The minimum Gasteiger partial charge on any atom is -0.515 e. The van der Waals surface area contributed by atoms with Crippen LogP contribution in [0, 0.1) is 6.92 Å². The maximum Gasteiger partial charge on any atom is 0.252 e. The zero-order valence-corrected chi connectivity index (χ0v) is 28.0. The summed E-state index contributed by atoms with van der Waals surface area (Å²) in [5, 5.41) is 18.8. The highest BCUT2D eigenvalue weighted by Crippen LogP contribution is 2.27. The fraction of sp³-hybridized carbons (Fsp3) is 0.343. The molecule has 1 atom stereocenters. The monoisotopic (exact) mass is 655 g/mol. The second-order valence-corrected chi connectivity index (χ2v) is 11.1. The highest BCUT2D eigenvalue weighted by atomic mass is 16.2. The van der Waals surface area contributed by atoms with E-state index in [4.69, 9.17) is 4.99 Å². The summed E-state index contributed by atoms with van der Waals surface area (Å²) in [6.45, 7) is 8.19. The van der Waals surface area contributed by atoms with E-state index in [1.165, 1.54) is 4.90 Å².